The number of carbonyl (C=O) groups is 1. The van der Waals surface area contributed by atoms with Gasteiger partial charge in [-0.2, -0.15) is 0 Å². The van der Waals surface area contributed by atoms with Crippen LogP contribution in [-0.4, -0.2) is 52.0 Å². The molecule has 2 rings (SSSR count). The second-order valence-electron chi connectivity index (χ2n) is 5.24. The van der Waals surface area contributed by atoms with Gasteiger partial charge in [0.25, 0.3) is 5.91 Å². The number of amides is 1. The van der Waals surface area contributed by atoms with Crippen molar-refractivity contribution in [2.24, 2.45) is 0 Å². The Bertz CT molecular complexity index is 424. The Morgan fingerprint density at radius 1 is 1.58 bits per heavy atom. The Morgan fingerprint density at radius 3 is 2.89 bits per heavy atom. The van der Waals surface area contributed by atoms with Gasteiger partial charge in [-0.3, -0.25) is 4.79 Å². The molecule has 1 aliphatic heterocycles. The number of piperidine rings is 1. The summed E-state index contributed by atoms with van der Waals surface area (Å²) in [5.41, 5.74) is 0.446. The Kier molecular flexibility index (Phi) is 4.52. The van der Waals surface area contributed by atoms with E-state index in [2.05, 4.69) is 22.6 Å². The summed E-state index contributed by atoms with van der Waals surface area (Å²) in [7, 11) is 1.82. The van der Waals surface area contributed by atoms with Crippen molar-refractivity contribution in [1.29, 1.82) is 0 Å². The number of hydrogen-bond acceptors (Lipinski definition) is 4. The topological polar surface area (TPSA) is 63.1 Å². The molecule has 1 aromatic heterocycles. The lowest BCUT2D eigenvalue weighted by atomic mass is 10.1. The first-order valence-electron chi connectivity index (χ1n) is 7.03. The van der Waals surface area contributed by atoms with Crippen LogP contribution in [-0.2, 0) is 0 Å². The molecule has 0 bridgehead atoms. The average Bonchev–Trinajstić information content (AvgIpc) is 2.95. The van der Waals surface area contributed by atoms with E-state index in [1.54, 1.807) is 11.1 Å². The zero-order chi connectivity index (χ0) is 13.8. The molecular formula is C13H23N5O. The fraction of sp³-hybridized carbons (Fsp3) is 0.769. The number of rotatable bonds is 4. The van der Waals surface area contributed by atoms with Gasteiger partial charge in [0.2, 0.25) is 0 Å². The van der Waals surface area contributed by atoms with Crippen molar-refractivity contribution < 1.29 is 4.79 Å². The van der Waals surface area contributed by atoms with Gasteiger partial charge in [0.15, 0.2) is 5.69 Å². The first-order chi connectivity index (χ1) is 9.13. The maximum absolute atomic E-state index is 12.2. The predicted molar refractivity (Wildman–Crippen MR) is 73.0 cm³/mol. The van der Waals surface area contributed by atoms with E-state index < -0.39 is 0 Å². The molecule has 1 saturated heterocycles. The quantitative estimate of drug-likeness (QED) is 0.884. The van der Waals surface area contributed by atoms with Crippen LogP contribution in [0.2, 0.25) is 0 Å². The van der Waals surface area contributed by atoms with Crippen LogP contribution in [0.5, 0.6) is 0 Å². The summed E-state index contributed by atoms with van der Waals surface area (Å²) in [4.78, 5) is 14.0. The molecule has 0 aromatic carbocycles. The van der Waals surface area contributed by atoms with Crippen LogP contribution < -0.4 is 5.32 Å². The minimum absolute atomic E-state index is 0.0467. The Labute approximate surface area is 114 Å². The minimum atomic E-state index is -0.0467. The predicted octanol–water partition coefficient (Wildman–Crippen LogP) is 1.07. The molecule has 6 nitrogen and oxygen atoms in total. The lowest BCUT2D eigenvalue weighted by Crippen LogP contribution is -2.34. The zero-order valence-corrected chi connectivity index (χ0v) is 12.0. The molecule has 106 valence electrons. The molecule has 1 amide bonds. The van der Waals surface area contributed by atoms with E-state index in [1.807, 2.05) is 18.7 Å². The number of nitrogens with zero attached hydrogens (tertiary/aromatic N) is 4. The zero-order valence-electron chi connectivity index (χ0n) is 12.0. The van der Waals surface area contributed by atoms with E-state index in [1.165, 1.54) is 0 Å². The molecule has 1 aromatic rings. The van der Waals surface area contributed by atoms with Gasteiger partial charge in [-0.05, 0) is 39.3 Å². The highest BCUT2D eigenvalue weighted by Crippen LogP contribution is 2.17. The van der Waals surface area contributed by atoms with E-state index in [-0.39, 0.29) is 11.9 Å². The Morgan fingerprint density at radius 2 is 2.26 bits per heavy atom. The molecule has 1 atom stereocenters. The van der Waals surface area contributed by atoms with Crippen LogP contribution in [0.4, 0.5) is 0 Å². The van der Waals surface area contributed by atoms with Crippen LogP contribution in [0.1, 0.15) is 49.6 Å². The largest absolute Gasteiger partial charge is 0.338 e. The van der Waals surface area contributed by atoms with Crippen molar-refractivity contribution in [1.82, 2.24) is 25.2 Å². The van der Waals surface area contributed by atoms with Crippen molar-refractivity contribution in [3.63, 3.8) is 0 Å². The van der Waals surface area contributed by atoms with E-state index in [9.17, 15) is 4.79 Å². The second-order valence-corrected chi connectivity index (χ2v) is 5.24. The van der Waals surface area contributed by atoms with Gasteiger partial charge in [0.1, 0.15) is 0 Å². The lowest BCUT2D eigenvalue weighted by Gasteiger charge is -2.23. The number of carbonyl (C=O) groups excluding carboxylic acids is 1. The van der Waals surface area contributed by atoms with Gasteiger partial charge < -0.3 is 10.2 Å². The van der Waals surface area contributed by atoms with Gasteiger partial charge >= 0.3 is 0 Å². The van der Waals surface area contributed by atoms with Crippen LogP contribution in [0, 0.1) is 0 Å². The summed E-state index contributed by atoms with van der Waals surface area (Å²) in [5.74, 6) is -0.0467. The van der Waals surface area contributed by atoms with Crippen LogP contribution in [0.3, 0.4) is 0 Å². The molecule has 0 radical (unpaired) electrons. The summed E-state index contributed by atoms with van der Waals surface area (Å²) in [6.07, 6.45) is 4.80. The molecule has 1 unspecified atom stereocenters. The smallest absolute Gasteiger partial charge is 0.276 e. The third-order valence-corrected chi connectivity index (χ3v) is 3.98. The molecule has 0 saturated carbocycles. The summed E-state index contributed by atoms with van der Waals surface area (Å²) < 4.78 is 1.85. The highest BCUT2D eigenvalue weighted by molar-refractivity contribution is 5.91. The third kappa shape index (κ3) is 3.12. The highest BCUT2D eigenvalue weighted by atomic mass is 16.2. The minimum Gasteiger partial charge on any atom is -0.338 e. The van der Waals surface area contributed by atoms with Gasteiger partial charge in [-0.15, -0.1) is 5.10 Å². The maximum Gasteiger partial charge on any atom is 0.276 e. The van der Waals surface area contributed by atoms with Crippen molar-refractivity contribution in [3.05, 3.63) is 11.9 Å². The number of hydrogen-bond donors (Lipinski definition) is 1. The molecule has 0 aliphatic carbocycles. The van der Waals surface area contributed by atoms with Crippen molar-refractivity contribution in [3.8, 4) is 0 Å². The molecule has 1 fully saturated rings. The molecule has 1 N–H and O–H groups in total. The summed E-state index contributed by atoms with van der Waals surface area (Å²) in [6, 6.07) is 0.584. The first-order valence-corrected chi connectivity index (χ1v) is 7.03. The highest BCUT2D eigenvalue weighted by Gasteiger charge is 2.22. The molecule has 6 heteroatoms. The lowest BCUT2D eigenvalue weighted by molar-refractivity contribution is 0.0734. The SMILES string of the molecule is CCC(C)N(C)C(=O)c1cn(C2CCNCC2)nn1. The van der Waals surface area contributed by atoms with Gasteiger partial charge in [-0.25, -0.2) is 4.68 Å². The second kappa shape index (κ2) is 6.14. The first kappa shape index (κ1) is 14.0. The average molecular weight is 265 g/mol. The molecule has 0 spiro atoms. The van der Waals surface area contributed by atoms with Crippen molar-refractivity contribution in [2.45, 2.75) is 45.2 Å². The Hall–Kier alpha value is -1.43. The fourth-order valence-corrected chi connectivity index (χ4v) is 2.28. The van der Waals surface area contributed by atoms with Gasteiger partial charge in [-0.1, -0.05) is 12.1 Å². The van der Waals surface area contributed by atoms with Crippen LogP contribution in [0.25, 0.3) is 0 Å². The van der Waals surface area contributed by atoms with E-state index in [4.69, 9.17) is 0 Å². The summed E-state index contributed by atoms with van der Waals surface area (Å²) in [5, 5.41) is 11.5. The monoisotopic (exact) mass is 265 g/mol. The Balaban J connectivity index is 2.05. The standard InChI is InChI=1S/C13H23N5O/c1-4-10(2)17(3)13(19)12-9-18(16-15-12)11-5-7-14-8-6-11/h9-11,14H,4-8H2,1-3H3. The van der Waals surface area contributed by atoms with Gasteiger partial charge in [0, 0.05) is 13.1 Å². The fourth-order valence-electron chi connectivity index (χ4n) is 2.28. The summed E-state index contributed by atoms with van der Waals surface area (Å²) >= 11 is 0. The molecule has 1 aliphatic rings. The maximum atomic E-state index is 12.2. The van der Waals surface area contributed by atoms with E-state index >= 15 is 0 Å². The summed E-state index contributed by atoms with van der Waals surface area (Å²) in [6.45, 7) is 6.11. The number of nitrogens with one attached hydrogen (secondary N) is 1. The van der Waals surface area contributed by atoms with Crippen molar-refractivity contribution in [2.75, 3.05) is 20.1 Å². The van der Waals surface area contributed by atoms with Gasteiger partial charge in [0.05, 0.1) is 12.2 Å². The van der Waals surface area contributed by atoms with E-state index in [0.29, 0.717) is 11.7 Å². The third-order valence-electron chi connectivity index (χ3n) is 3.98. The molecular weight excluding hydrogens is 242 g/mol. The molecule has 2 heterocycles. The van der Waals surface area contributed by atoms with Crippen LogP contribution in [0.15, 0.2) is 6.20 Å². The number of aromatic nitrogens is 3. The molecule has 19 heavy (non-hydrogen) atoms. The van der Waals surface area contributed by atoms with Crippen LogP contribution >= 0.6 is 0 Å². The van der Waals surface area contributed by atoms with Crippen molar-refractivity contribution >= 4 is 5.91 Å². The normalized spacial score (nSPS) is 18.3. The van der Waals surface area contributed by atoms with E-state index in [0.717, 1.165) is 32.4 Å².